The number of rotatable bonds is 8. The highest BCUT2D eigenvalue weighted by molar-refractivity contribution is 7.90. The van der Waals surface area contributed by atoms with Crippen LogP contribution in [0.25, 0.3) is 0 Å². The minimum atomic E-state index is -2.92. The fraction of sp³-hybridized carbons (Fsp3) is 0.600. The van der Waals surface area contributed by atoms with Crippen molar-refractivity contribution in [2.24, 2.45) is 0 Å². The van der Waals surface area contributed by atoms with Crippen LogP contribution in [0.4, 0.5) is 5.69 Å². The Morgan fingerprint density at radius 3 is 2.15 bits per heavy atom. The van der Waals surface area contributed by atoms with E-state index < -0.39 is 9.84 Å². The molecule has 5 heteroatoms. The van der Waals surface area contributed by atoms with Gasteiger partial charge in [-0.1, -0.05) is 12.1 Å². The summed E-state index contributed by atoms with van der Waals surface area (Å²) in [6, 6.07) is 8.38. The Kier molecular flexibility index (Phi) is 6.49. The van der Waals surface area contributed by atoms with Crippen molar-refractivity contribution in [3.8, 4) is 0 Å². The second-order valence-electron chi connectivity index (χ2n) is 5.21. The van der Waals surface area contributed by atoms with Gasteiger partial charge >= 0.3 is 0 Å². The van der Waals surface area contributed by atoms with Gasteiger partial charge in [0.1, 0.15) is 9.84 Å². The summed E-state index contributed by atoms with van der Waals surface area (Å²) in [5.74, 6) is 0.171. The van der Waals surface area contributed by atoms with Gasteiger partial charge in [0.25, 0.3) is 0 Å². The highest BCUT2D eigenvalue weighted by Crippen LogP contribution is 2.14. The van der Waals surface area contributed by atoms with E-state index in [-0.39, 0.29) is 11.8 Å². The molecule has 0 amide bonds. The Morgan fingerprint density at radius 2 is 1.70 bits per heavy atom. The lowest BCUT2D eigenvalue weighted by Gasteiger charge is -2.21. The molecule has 1 aromatic rings. The number of hydrogen-bond acceptors (Lipinski definition) is 4. The summed E-state index contributed by atoms with van der Waals surface area (Å²) >= 11 is 0. The van der Waals surface area contributed by atoms with E-state index in [4.69, 9.17) is 0 Å². The molecule has 0 aliphatic rings. The van der Waals surface area contributed by atoms with Crippen LogP contribution in [0.5, 0.6) is 0 Å². The summed E-state index contributed by atoms with van der Waals surface area (Å²) in [4.78, 5) is 2.30. The second-order valence-corrected chi connectivity index (χ2v) is 7.40. The minimum Gasteiger partial charge on any atom is -0.372 e. The van der Waals surface area contributed by atoms with Crippen molar-refractivity contribution in [1.29, 1.82) is 0 Å². The summed E-state index contributed by atoms with van der Waals surface area (Å²) in [6.07, 6.45) is 1.27. The average molecular weight is 298 g/mol. The molecule has 1 atom stereocenters. The van der Waals surface area contributed by atoms with E-state index in [1.807, 2.05) is 6.92 Å². The maximum absolute atomic E-state index is 11.2. The second kappa shape index (κ2) is 7.64. The predicted molar refractivity (Wildman–Crippen MR) is 86.0 cm³/mol. The van der Waals surface area contributed by atoms with Gasteiger partial charge in [-0.2, -0.15) is 0 Å². The molecular formula is C15H26N2O2S. The SMILES string of the molecule is CCN(CC)c1ccc(CNC(C)CS(C)(=O)=O)cc1. The van der Waals surface area contributed by atoms with Gasteiger partial charge in [0.15, 0.2) is 0 Å². The Balaban J connectivity index is 2.54. The van der Waals surface area contributed by atoms with Crippen LogP contribution in [0, 0.1) is 0 Å². The molecule has 0 fully saturated rings. The molecule has 0 spiro atoms. The number of nitrogens with zero attached hydrogens (tertiary/aromatic N) is 1. The normalized spacial score (nSPS) is 13.2. The summed E-state index contributed by atoms with van der Waals surface area (Å²) in [7, 11) is -2.92. The molecule has 0 saturated carbocycles. The summed E-state index contributed by atoms with van der Waals surface area (Å²) in [6.45, 7) is 8.87. The topological polar surface area (TPSA) is 49.4 Å². The molecular weight excluding hydrogens is 272 g/mol. The standard InChI is InChI=1S/C15H26N2O2S/c1-5-17(6-2)15-9-7-14(8-10-15)11-16-13(3)12-20(4,18)19/h7-10,13,16H,5-6,11-12H2,1-4H3. The zero-order valence-corrected chi connectivity index (χ0v) is 13.7. The first kappa shape index (κ1) is 17.0. The molecule has 20 heavy (non-hydrogen) atoms. The van der Waals surface area contributed by atoms with Crippen molar-refractivity contribution in [2.75, 3.05) is 30.0 Å². The van der Waals surface area contributed by atoms with Gasteiger partial charge in [-0.25, -0.2) is 8.42 Å². The van der Waals surface area contributed by atoms with Crippen LogP contribution in [0.15, 0.2) is 24.3 Å². The van der Waals surface area contributed by atoms with Crippen LogP contribution in [-0.2, 0) is 16.4 Å². The molecule has 0 aliphatic carbocycles. The quantitative estimate of drug-likeness (QED) is 0.798. The van der Waals surface area contributed by atoms with E-state index in [2.05, 4.69) is 48.3 Å². The molecule has 1 aromatic carbocycles. The van der Waals surface area contributed by atoms with Crippen molar-refractivity contribution < 1.29 is 8.42 Å². The van der Waals surface area contributed by atoms with E-state index in [0.29, 0.717) is 6.54 Å². The fourth-order valence-corrected chi connectivity index (χ4v) is 3.24. The van der Waals surface area contributed by atoms with Crippen molar-refractivity contribution >= 4 is 15.5 Å². The van der Waals surface area contributed by atoms with Crippen molar-refractivity contribution in [2.45, 2.75) is 33.4 Å². The highest BCUT2D eigenvalue weighted by Gasteiger charge is 2.09. The van der Waals surface area contributed by atoms with E-state index in [9.17, 15) is 8.42 Å². The third-order valence-corrected chi connectivity index (χ3v) is 4.38. The van der Waals surface area contributed by atoms with Gasteiger partial charge in [0.05, 0.1) is 5.75 Å². The molecule has 4 nitrogen and oxygen atoms in total. The molecule has 0 heterocycles. The first-order chi connectivity index (χ1) is 9.35. The Morgan fingerprint density at radius 1 is 1.15 bits per heavy atom. The Labute approximate surface area is 123 Å². The Hall–Kier alpha value is -1.07. The molecule has 0 aliphatic heterocycles. The maximum Gasteiger partial charge on any atom is 0.148 e. The third kappa shape index (κ3) is 5.92. The van der Waals surface area contributed by atoms with Crippen LogP contribution < -0.4 is 10.2 Å². The average Bonchev–Trinajstić information content (AvgIpc) is 2.37. The van der Waals surface area contributed by atoms with Crippen LogP contribution >= 0.6 is 0 Å². The van der Waals surface area contributed by atoms with Gasteiger partial charge in [0.2, 0.25) is 0 Å². The summed E-state index contributed by atoms with van der Waals surface area (Å²) in [5.41, 5.74) is 2.39. The lowest BCUT2D eigenvalue weighted by atomic mass is 10.2. The molecule has 114 valence electrons. The largest absolute Gasteiger partial charge is 0.372 e. The van der Waals surface area contributed by atoms with Crippen molar-refractivity contribution in [3.63, 3.8) is 0 Å². The summed E-state index contributed by atoms with van der Waals surface area (Å²) in [5, 5.41) is 3.24. The molecule has 0 bridgehead atoms. The zero-order chi connectivity index (χ0) is 15.2. The molecule has 0 radical (unpaired) electrons. The predicted octanol–water partition coefficient (Wildman–Crippen LogP) is 2.06. The van der Waals surface area contributed by atoms with Crippen LogP contribution in [-0.4, -0.2) is 39.6 Å². The smallest absolute Gasteiger partial charge is 0.148 e. The Bertz CT molecular complexity index is 493. The van der Waals surface area contributed by atoms with E-state index >= 15 is 0 Å². The summed E-state index contributed by atoms with van der Waals surface area (Å²) < 4.78 is 22.4. The zero-order valence-electron chi connectivity index (χ0n) is 12.9. The van der Waals surface area contributed by atoms with Crippen LogP contribution in [0.1, 0.15) is 26.3 Å². The molecule has 1 rings (SSSR count). The number of hydrogen-bond donors (Lipinski definition) is 1. The van der Waals surface area contributed by atoms with E-state index in [0.717, 1.165) is 13.1 Å². The van der Waals surface area contributed by atoms with E-state index in [1.165, 1.54) is 17.5 Å². The fourth-order valence-electron chi connectivity index (χ4n) is 2.22. The minimum absolute atomic E-state index is 0.0348. The monoisotopic (exact) mass is 298 g/mol. The number of benzene rings is 1. The third-order valence-electron chi connectivity index (χ3n) is 3.27. The molecule has 1 unspecified atom stereocenters. The first-order valence-corrected chi connectivity index (χ1v) is 9.16. The molecule has 0 saturated heterocycles. The number of nitrogens with one attached hydrogen (secondary N) is 1. The van der Waals surface area contributed by atoms with Gasteiger partial charge in [0, 0.05) is 37.6 Å². The van der Waals surface area contributed by atoms with Crippen LogP contribution in [0.3, 0.4) is 0 Å². The maximum atomic E-state index is 11.2. The lowest BCUT2D eigenvalue weighted by molar-refractivity contribution is 0.560. The van der Waals surface area contributed by atoms with Crippen molar-refractivity contribution in [1.82, 2.24) is 5.32 Å². The molecule has 0 aromatic heterocycles. The molecule has 1 N–H and O–H groups in total. The van der Waals surface area contributed by atoms with Gasteiger partial charge in [-0.05, 0) is 38.5 Å². The first-order valence-electron chi connectivity index (χ1n) is 7.10. The van der Waals surface area contributed by atoms with Gasteiger partial charge in [-0.3, -0.25) is 0 Å². The van der Waals surface area contributed by atoms with Gasteiger partial charge in [-0.15, -0.1) is 0 Å². The van der Waals surface area contributed by atoms with Crippen molar-refractivity contribution in [3.05, 3.63) is 29.8 Å². The van der Waals surface area contributed by atoms with Crippen LogP contribution in [0.2, 0.25) is 0 Å². The van der Waals surface area contributed by atoms with Gasteiger partial charge < -0.3 is 10.2 Å². The number of sulfone groups is 1. The number of anilines is 1. The lowest BCUT2D eigenvalue weighted by Crippen LogP contribution is -2.32. The van der Waals surface area contributed by atoms with E-state index in [1.54, 1.807) is 0 Å². The highest BCUT2D eigenvalue weighted by atomic mass is 32.2.